The number of fused-ring (bicyclic) bond motifs is 1. The summed E-state index contributed by atoms with van der Waals surface area (Å²) in [6.45, 7) is 1.93. The molecule has 2 aromatic rings. The molecule has 21 heavy (non-hydrogen) atoms. The maximum Gasteiger partial charge on any atom is 0.324 e. The van der Waals surface area contributed by atoms with Crippen molar-refractivity contribution in [3.05, 3.63) is 56.5 Å². The van der Waals surface area contributed by atoms with E-state index in [1.165, 1.54) is 6.07 Å². The zero-order chi connectivity index (χ0) is 15.1. The average Bonchev–Trinajstić information content (AvgIpc) is 2.93. The summed E-state index contributed by atoms with van der Waals surface area (Å²) >= 11 is 1.06. The van der Waals surface area contributed by atoms with Gasteiger partial charge in [-0.15, -0.1) is 0 Å². The number of carbonyl (C=O) groups excluding carboxylic acids is 1. The molecule has 1 unspecified atom stereocenters. The van der Waals surface area contributed by atoms with Gasteiger partial charge < -0.3 is 10.2 Å². The van der Waals surface area contributed by atoms with E-state index in [2.05, 4.69) is 5.32 Å². The third-order valence-electron chi connectivity index (χ3n) is 3.51. The topological polar surface area (TPSA) is 75.5 Å². The van der Waals surface area contributed by atoms with Gasteiger partial charge in [-0.05, 0) is 19.1 Å². The molecule has 0 saturated carbocycles. The minimum Gasteiger partial charge on any atom is -0.361 e. The van der Waals surface area contributed by atoms with Gasteiger partial charge in [-0.2, -0.15) is 0 Å². The fourth-order valence-electron chi connectivity index (χ4n) is 2.40. The molecule has 0 spiro atoms. The van der Waals surface area contributed by atoms with Crippen LogP contribution in [0.2, 0.25) is 0 Å². The summed E-state index contributed by atoms with van der Waals surface area (Å²) < 4.78 is 0. The zero-order valence-electron chi connectivity index (χ0n) is 11.5. The number of anilines is 1. The average molecular weight is 303 g/mol. The number of carbonyl (C=O) groups is 1. The fourth-order valence-corrected chi connectivity index (χ4v) is 3.14. The monoisotopic (exact) mass is 303 g/mol. The second-order valence-electron chi connectivity index (χ2n) is 4.99. The number of amides is 1. The summed E-state index contributed by atoms with van der Waals surface area (Å²) in [7, 11) is 1.69. The molecule has 1 atom stereocenters. The number of benzene rings is 1. The molecule has 1 aromatic carbocycles. The molecule has 1 aliphatic heterocycles. The van der Waals surface area contributed by atoms with Gasteiger partial charge in [0.2, 0.25) is 0 Å². The van der Waals surface area contributed by atoms with E-state index in [1.807, 2.05) is 25.1 Å². The van der Waals surface area contributed by atoms with Crippen LogP contribution in [0.1, 0.15) is 27.7 Å². The number of hydrogen-bond acceptors (Lipinski definition) is 5. The lowest BCUT2D eigenvalue weighted by atomic mass is 10.0. The number of thiophene rings is 1. The van der Waals surface area contributed by atoms with Gasteiger partial charge in [0.15, 0.2) is 0 Å². The largest absolute Gasteiger partial charge is 0.361 e. The fraction of sp³-hybridized carbons (Fsp3) is 0.214. The molecular formula is C14H13N3O3S. The summed E-state index contributed by atoms with van der Waals surface area (Å²) in [6.07, 6.45) is -0.391. The molecule has 0 aliphatic carbocycles. The Morgan fingerprint density at radius 3 is 2.81 bits per heavy atom. The SMILES string of the molecule is Cc1ccc2c(c1)C(=O)N(C)C(c1csc([N+](=O)[O-])c1)N2. The molecule has 0 radical (unpaired) electrons. The van der Waals surface area contributed by atoms with Crippen molar-refractivity contribution in [2.24, 2.45) is 0 Å². The third kappa shape index (κ3) is 2.25. The predicted molar refractivity (Wildman–Crippen MR) is 80.6 cm³/mol. The smallest absolute Gasteiger partial charge is 0.324 e. The van der Waals surface area contributed by atoms with Crippen molar-refractivity contribution in [2.45, 2.75) is 13.1 Å². The Hall–Kier alpha value is -2.41. The van der Waals surface area contributed by atoms with E-state index in [1.54, 1.807) is 17.3 Å². The van der Waals surface area contributed by atoms with E-state index in [9.17, 15) is 14.9 Å². The first-order valence-electron chi connectivity index (χ1n) is 6.34. The minimum absolute atomic E-state index is 0.0716. The standard InChI is InChI=1S/C14H13N3O3S/c1-8-3-4-11-10(5-8)14(18)16(2)13(15-11)9-6-12(17(19)20)21-7-9/h3-7,13,15H,1-2H3. The van der Waals surface area contributed by atoms with Crippen molar-refractivity contribution < 1.29 is 9.72 Å². The number of nitrogens with one attached hydrogen (secondary N) is 1. The van der Waals surface area contributed by atoms with Crippen LogP contribution < -0.4 is 5.32 Å². The summed E-state index contributed by atoms with van der Waals surface area (Å²) in [5.41, 5.74) is 3.11. The van der Waals surface area contributed by atoms with Gasteiger partial charge in [0.25, 0.3) is 5.91 Å². The van der Waals surface area contributed by atoms with Crippen molar-refractivity contribution in [2.75, 3.05) is 12.4 Å². The Balaban J connectivity index is 1.99. The van der Waals surface area contributed by atoms with E-state index >= 15 is 0 Å². The van der Waals surface area contributed by atoms with Crippen molar-refractivity contribution in [1.29, 1.82) is 0 Å². The van der Waals surface area contributed by atoms with Gasteiger partial charge in [-0.1, -0.05) is 23.0 Å². The Labute approximate surface area is 125 Å². The third-order valence-corrected chi connectivity index (χ3v) is 4.41. The van der Waals surface area contributed by atoms with E-state index in [0.717, 1.165) is 22.6 Å². The highest BCUT2D eigenvalue weighted by atomic mass is 32.1. The molecule has 1 amide bonds. The second kappa shape index (κ2) is 4.85. The summed E-state index contributed by atoms with van der Waals surface area (Å²) in [5, 5.41) is 15.8. The van der Waals surface area contributed by atoms with E-state index in [-0.39, 0.29) is 10.9 Å². The lowest BCUT2D eigenvalue weighted by Crippen LogP contribution is -2.40. The van der Waals surface area contributed by atoms with E-state index in [4.69, 9.17) is 0 Å². The molecule has 7 heteroatoms. The van der Waals surface area contributed by atoms with Crippen LogP contribution in [-0.2, 0) is 0 Å². The molecule has 1 aromatic heterocycles. The summed E-state index contributed by atoms with van der Waals surface area (Å²) in [6, 6.07) is 7.14. The lowest BCUT2D eigenvalue weighted by Gasteiger charge is -2.35. The normalized spacial score (nSPS) is 17.3. The first-order chi connectivity index (χ1) is 9.97. The maximum atomic E-state index is 12.4. The minimum atomic E-state index is -0.421. The maximum absolute atomic E-state index is 12.4. The first kappa shape index (κ1) is 13.6. The molecular weight excluding hydrogens is 290 g/mol. The Bertz CT molecular complexity index is 741. The highest BCUT2D eigenvalue weighted by Crippen LogP contribution is 2.35. The summed E-state index contributed by atoms with van der Waals surface area (Å²) in [4.78, 5) is 24.4. The van der Waals surface area contributed by atoms with Crippen LogP contribution >= 0.6 is 11.3 Å². The molecule has 108 valence electrons. The van der Waals surface area contributed by atoms with Crippen molar-refractivity contribution >= 4 is 27.9 Å². The van der Waals surface area contributed by atoms with Crippen LogP contribution in [-0.4, -0.2) is 22.8 Å². The molecule has 1 N–H and O–H groups in total. The van der Waals surface area contributed by atoms with E-state index < -0.39 is 11.1 Å². The van der Waals surface area contributed by atoms with Gasteiger partial charge in [0.1, 0.15) is 6.17 Å². The lowest BCUT2D eigenvalue weighted by molar-refractivity contribution is -0.380. The van der Waals surface area contributed by atoms with Gasteiger partial charge >= 0.3 is 5.00 Å². The Kier molecular flexibility index (Phi) is 3.13. The molecule has 0 saturated heterocycles. The van der Waals surface area contributed by atoms with Crippen molar-refractivity contribution in [1.82, 2.24) is 4.90 Å². The molecule has 0 bridgehead atoms. The number of aryl methyl sites for hydroxylation is 1. The van der Waals surface area contributed by atoms with Gasteiger partial charge in [0.05, 0.1) is 10.5 Å². The molecule has 3 rings (SSSR count). The van der Waals surface area contributed by atoms with Crippen LogP contribution in [0, 0.1) is 17.0 Å². The number of rotatable bonds is 2. The number of hydrogen-bond donors (Lipinski definition) is 1. The number of nitro groups is 1. The predicted octanol–water partition coefficient (Wildman–Crippen LogP) is 3.16. The number of nitrogens with zero attached hydrogens (tertiary/aromatic N) is 2. The first-order valence-corrected chi connectivity index (χ1v) is 7.22. The quantitative estimate of drug-likeness (QED) is 0.683. The van der Waals surface area contributed by atoms with Crippen LogP contribution in [0.4, 0.5) is 10.7 Å². The summed E-state index contributed by atoms with van der Waals surface area (Å²) in [5.74, 6) is -0.0914. The highest BCUT2D eigenvalue weighted by molar-refractivity contribution is 7.13. The highest BCUT2D eigenvalue weighted by Gasteiger charge is 2.31. The van der Waals surface area contributed by atoms with Crippen LogP contribution in [0.25, 0.3) is 0 Å². The van der Waals surface area contributed by atoms with Crippen molar-refractivity contribution in [3.8, 4) is 0 Å². The van der Waals surface area contributed by atoms with Gasteiger partial charge in [0, 0.05) is 29.7 Å². The van der Waals surface area contributed by atoms with Crippen LogP contribution in [0.3, 0.4) is 0 Å². The van der Waals surface area contributed by atoms with Crippen LogP contribution in [0.15, 0.2) is 29.6 Å². The Morgan fingerprint density at radius 1 is 1.38 bits per heavy atom. The molecule has 1 aliphatic rings. The molecule has 6 nitrogen and oxygen atoms in total. The molecule has 2 heterocycles. The molecule has 0 fully saturated rings. The van der Waals surface area contributed by atoms with Crippen molar-refractivity contribution in [3.63, 3.8) is 0 Å². The zero-order valence-corrected chi connectivity index (χ0v) is 12.3. The Morgan fingerprint density at radius 2 is 2.14 bits per heavy atom. The van der Waals surface area contributed by atoms with Gasteiger partial charge in [-0.3, -0.25) is 14.9 Å². The van der Waals surface area contributed by atoms with E-state index in [0.29, 0.717) is 11.1 Å². The van der Waals surface area contributed by atoms with Crippen LogP contribution in [0.5, 0.6) is 0 Å². The second-order valence-corrected chi connectivity index (χ2v) is 5.88. The van der Waals surface area contributed by atoms with Gasteiger partial charge in [-0.25, -0.2) is 0 Å².